The predicted octanol–water partition coefficient (Wildman–Crippen LogP) is 7.07. The van der Waals surface area contributed by atoms with Crippen molar-refractivity contribution in [3.8, 4) is 11.1 Å². The molecule has 1 atom stereocenters. The normalized spacial score (nSPS) is 18.6. The molecular formula is C26H24N2. The summed E-state index contributed by atoms with van der Waals surface area (Å²) < 4.78 is 0. The number of hydrogen-bond acceptors (Lipinski definition) is 2. The average molecular weight is 364 g/mol. The number of aryl methyl sites for hydroxylation is 1. The molecule has 3 aromatic rings. The molecule has 5 rings (SSSR count). The lowest BCUT2D eigenvalue weighted by Crippen LogP contribution is -2.13. The van der Waals surface area contributed by atoms with Gasteiger partial charge in [0.25, 0.3) is 0 Å². The Kier molecular flexibility index (Phi) is 4.20. The second-order valence-electron chi connectivity index (χ2n) is 7.89. The third-order valence-corrected chi connectivity index (χ3v) is 5.87. The Morgan fingerprint density at radius 2 is 1.86 bits per heavy atom. The number of benzene rings is 2. The van der Waals surface area contributed by atoms with E-state index in [1.165, 1.54) is 33.4 Å². The van der Waals surface area contributed by atoms with Gasteiger partial charge in [-0.2, -0.15) is 0 Å². The number of nitrogens with zero attached hydrogens (tertiary/aromatic N) is 2. The summed E-state index contributed by atoms with van der Waals surface area (Å²) in [6, 6.07) is 17.3. The van der Waals surface area contributed by atoms with Crippen LogP contribution in [0.2, 0.25) is 0 Å². The largest absolute Gasteiger partial charge is 0.255 e. The fourth-order valence-electron chi connectivity index (χ4n) is 4.56. The van der Waals surface area contributed by atoms with E-state index in [0.29, 0.717) is 5.92 Å². The first-order valence-corrected chi connectivity index (χ1v) is 10.1. The Labute approximate surface area is 166 Å². The lowest BCUT2D eigenvalue weighted by atomic mass is 9.80. The molecule has 0 bridgehead atoms. The smallest absolute Gasteiger partial charge is 0.0970 e. The second-order valence-corrected chi connectivity index (χ2v) is 7.89. The van der Waals surface area contributed by atoms with Gasteiger partial charge in [0.05, 0.1) is 11.2 Å². The van der Waals surface area contributed by atoms with Crippen molar-refractivity contribution in [1.82, 2.24) is 4.98 Å². The van der Waals surface area contributed by atoms with Gasteiger partial charge in [-0.05, 0) is 55.9 Å². The predicted molar refractivity (Wildman–Crippen MR) is 119 cm³/mol. The minimum Gasteiger partial charge on any atom is -0.255 e. The molecule has 2 nitrogen and oxygen atoms in total. The van der Waals surface area contributed by atoms with E-state index < -0.39 is 0 Å². The summed E-state index contributed by atoms with van der Waals surface area (Å²) in [5.74, 6) is 0.421. The monoisotopic (exact) mass is 364 g/mol. The zero-order valence-electron chi connectivity index (χ0n) is 16.4. The average Bonchev–Trinajstić information content (AvgIpc) is 2.74. The number of aliphatic imine (C=N–C) groups is 1. The summed E-state index contributed by atoms with van der Waals surface area (Å²) in [5, 5.41) is 1.19. The van der Waals surface area contributed by atoms with Gasteiger partial charge in [-0.15, -0.1) is 0 Å². The number of pyridine rings is 1. The fraction of sp³-hybridized carbons (Fsp3) is 0.231. The van der Waals surface area contributed by atoms with Crippen molar-refractivity contribution < 1.29 is 0 Å². The molecule has 1 aromatic heterocycles. The molecule has 28 heavy (non-hydrogen) atoms. The Morgan fingerprint density at radius 1 is 1.00 bits per heavy atom. The Bertz CT molecular complexity index is 1150. The quantitative estimate of drug-likeness (QED) is 0.477. The maximum Gasteiger partial charge on any atom is 0.0970 e. The molecule has 0 N–H and O–H groups in total. The van der Waals surface area contributed by atoms with Crippen LogP contribution in [-0.4, -0.2) is 10.7 Å². The minimum atomic E-state index is 0.421. The molecule has 0 radical (unpaired) electrons. The SMILES string of the molecule is CC1=Nc2c(ccc3c(-c4ccccc4)cc(C)nc23)C(C2=CC=CCC2)C1. The van der Waals surface area contributed by atoms with E-state index in [0.717, 1.165) is 36.2 Å². The van der Waals surface area contributed by atoms with Crippen molar-refractivity contribution in [2.24, 2.45) is 4.99 Å². The highest BCUT2D eigenvalue weighted by atomic mass is 14.8. The number of aromatic nitrogens is 1. The Balaban J connectivity index is 1.76. The van der Waals surface area contributed by atoms with Crippen LogP contribution in [0.4, 0.5) is 5.69 Å². The molecule has 1 aliphatic carbocycles. The number of allylic oxidation sites excluding steroid dienone is 4. The highest BCUT2D eigenvalue weighted by Crippen LogP contribution is 2.45. The van der Waals surface area contributed by atoms with Crippen molar-refractivity contribution >= 4 is 22.3 Å². The minimum absolute atomic E-state index is 0.421. The molecule has 2 aromatic carbocycles. The molecule has 1 aliphatic heterocycles. The molecule has 138 valence electrons. The van der Waals surface area contributed by atoms with Crippen LogP contribution in [0.15, 0.2) is 77.3 Å². The lowest BCUT2D eigenvalue weighted by molar-refractivity contribution is 0.753. The number of hydrogen-bond donors (Lipinski definition) is 0. The van der Waals surface area contributed by atoms with Crippen LogP contribution in [0, 0.1) is 6.92 Å². The zero-order chi connectivity index (χ0) is 19.1. The molecule has 2 aliphatic rings. The summed E-state index contributed by atoms with van der Waals surface area (Å²) in [6.45, 7) is 4.23. The van der Waals surface area contributed by atoms with E-state index in [-0.39, 0.29) is 0 Å². The highest BCUT2D eigenvalue weighted by molar-refractivity contribution is 6.04. The molecule has 0 saturated carbocycles. The summed E-state index contributed by atoms with van der Waals surface area (Å²) >= 11 is 0. The van der Waals surface area contributed by atoms with Gasteiger partial charge in [-0.1, -0.05) is 66.3 Å². The third kappa shape index (κ3) is 2.90. The summed E-state index contributed by atoms with van der Waals surface area (Å²) in [7, 11) is 0. The zero-order valence-corrected chi connectivity index (χ0v) is 16.4. The van der Waals surface area contributed by atoms with E-state index in [4.69, 9.17) is 9.98 Å². The van der Waals surface area contributed by atoms with Gasteiger partial charge in [0.2, 0.25) is 0 Å². The first-order valence-electron chi connectivity index (χ1n) is 10.1. The maximum absolute atomic E-state index is 5.00. The van der Waals surface area contributed by atoms with Crippen LogP contribution in [0.5, 0.6) is 0 Å². The van der Waals surface area contributed by atoms with Gasteiger partial charge in [-0.3, -0.25) is 9.98 Å². The van der Waals surface area contributed by atoms with Crippen molar-refractivity contribution in [2.75, 3.05) is 0 Å². The molecule has 0 saturated heterocycles. The first kappa shape index (κ1) is 17.1. The van der Waals surface area contributed by atoms with E-state index in [1.54, 1.807) is 0 Å². The maximum atomic E-state index is 5.00. The molecule has 0 fully saturated rings. The van der Waals surface area contributed by atoms with E-state index in [2.05, 4.69) is 80.6 Å². The van der Waals surface area contributed by atoms with Crippen molar-refractivity contribution in [2.45, 2.75) is 39.0 Å². The Hall–Kier alpha value is -3.00. The van der Waals surface area contributed by atoms with Crippen LogP contribution < -0.4 is 0 Å². The fourth-order valence-corrected chi connectivity index (χ4v) is 4.56. The van der Waals surface area contributed by atoms with E-state index >= 15 is 0 Å². The van der Waals surface area contributed by atoms with Gasteiger partial charge in [0.15, 0.2) is 0 Å². The number of rotatable bonds is 2. The summed E-state index contributed by atoms with van der Waals surface area (Å²) in [4.78, 5) is 9.95. The second kappa shape index (κ2) is 6.87. The molecule has 0 spiro atoms. The van der Waals surface area contributed by atoms with Crippen LogP contribution in [0.3, 0.4) is 0 Å². The number of fused-ring (bicyclic) bond motifs is 3. The topological polar surface area (TPSA) is 25.2 Å². The van der Waals surface area contributed by atoms with Gasteiger partial charge in [0, 0.05) is 22.7 Å². The van der Waals surface area contributed by atoms with Crippen molar-refractivity contribution in [1.29, 1.82) is 0 Å². The van der Waals surface area contributed by atoms with E-state index in [1.807, 2.05) is 0 Å². The molecule has 2 heteroatoms. The van der Waals surface area contributed by atoms with Crippen LogP contribution in [0.1, 0.15) is 43.4 Å². The molecule has 2 heterocycles. The standard InChI is InChI=1S/C26H24N2/c1-17-15-23(19-9-5-3-6-10-19)21-13-14-22-24(20-11-7-4-8-12-20)16-18(2)28-26(22)25(21)27-17/h3-7,9-11,13-15,24H,8,12,16H2,1-2H3. The van der Waals surface area contributed by atoms with Crippen LogP contribution in [-0.2, 0) is 0 Å². The summed E-state index contributed by atoms with van der Waals surface area (Å²) in [5.41, 5.74) is 9.66. The Morgan fingerprint density at radius 3 is 2.64 bits per heavy atom. The van der Waals surface area contributed by atoms with Crippen molar-refractivity contribution in [3.05, 3.63) is 83.6 Å². The van der Waals surface area contributed by atoms with Crippen LogP contribution in [0.25, 0.3) is 22.0 Å². The van der Waals surface area contributed by atoms with Crippen LogP contribution >= 0.6 is 0 Å². The van der Waals surface area contributed by atoms with Gasteiger partial charge < -0.3 is 0 Å². The van der Waals surface area contributed by atoms with Gasteiger partial charge >= 0.3 is 0 Å². The van der Waals surface area contributed by atoms with Gasteiger partial charge in [0.1, 0.15) is 0 Å². The van der Waals surface area contributed by atoms with E-state index in [9.17, 15) is 0 Å². The summed E-state index contributed by atoms with van der Waals surface area (Å²) in [6.07, 6.45) is 10.1. The molecule has 1 unspecified atom stereocenters. The molecular weight excluding hydrogens is 340 g/mol. The first-order chi connectivity index (χ1) is 13.7. The van der Waals surface area contributed by atoms with Crippen molar-refractivity contribution in [3.63, 3.8) is 0 Å². The molecule has 0 amide bonds. The van der Waals surface area contributed by atoms with Gasteiger partial charge in [-0.25, -0.2) is 0 Å². The lowest BCUT2D eigenvalue weighted by Gasteiger charge is -2.28. The third-order valence-electron chi connectivity index (χ3n) is 5.87. The highest BCUT2D eigenvalue weighted by Gasteiger charge is 2.26.